The van der Waals surface area contributed by atoms with Crippen LogP contribution in [-0.2, 0) is 9.59 Å². The minimum Gasteiger partial charge on any atom is -0.493 e. The van der Waals surface area contributed by atoms with Gasteiger partial charge in [-0.1, -0.05) is 53.5 Å². The van der Waals surface area contributed by atoms with Crippen LogP contribution in [0.1, 0.15) is 18.1 Å². The van der Waals surface area contributed by atoms with Crippen LogP contribution in [0.15, 0.2) is 77.9 Å². The number of amides is 1. The third-order valence-corrected chi connectivity index (χ3v) is 5.10. The summed E-state index contributed by atoms with van der Waals surface area (Å²) in [5.74, 6) is -0.115. The Balaban J connectivity index is 1.57. The summed E-state index contributed by atoms with van der Waals surface area (Å²) < 4.78 is 16.2. The monoisotopic (exact) mass is 512 g/mol. The summed E-state index contributed by atoms with van der Waals surface area (Å²) in [5, 5.41) is 4.69. The molecule has 0 radical (unpaired) electrons. The molecule has 3 aromatic carbocycles. The van der Waals surface area contributed by atoms with Crippen molar-refractivity contribution in [2.24, 2.45) is 5.10 Å². The van der Waals surface area contributed by atoms with Gasteiger partial charge in [0.1, 0.15) is 5.75 Å². The van der Waals surface area contributed by atoms with E-state index in [-0.39, 0.29) is 5.75 Å². The Hall–Kier alpha value is -3.81. The van der Waals surface area contributed by atoms with Crippen LogP contribution in [0.3, 0.4) is 0 Å². The van der Waals surface area contributed by atoms with Crippen LogP contribution >= 0.6 is 23.2 Å². The van der Waals surface area contributed by atoms with Crippen molar-refractivity contribution in [1.82, 2.24) is 5.43 Å². The van der Waals surface area contributed by atoms with Crippen LogP contribution in [0.25, 0.3) is 6.08 Å². The molecule has 0 saturated heterocycles. The largest absolute Gasteiger partial charge is 0.493 e. The van der Waals surface area contributed by atoms with E-state index in [9.17, 15) is 9.59 Å². The van der Waals surface area contributed by atoms with Gasteiger partial charge in [-0.25, -0.2) is 10.2 Å². The Kier molecular flexibility index (Phi) is 9.29. The molecule has 0 spiro atoms. The predicted octanol–water partition coefficient (Wildman–Crippen LogP) is 5.54. The molecule has 0 unspecified atom stereocenters. The summed E-state index contributed by atoms with van der Waals surface area (Å²) in [5.41, 5.74) is 3.88. The van der Waals surface area contributed by atoms with Gasteiger partial charge in [-0.3, -0.25) is 4.79 Å². The molecule has 0 bridgehead atoms. The summed E-state index contributed by atoms with van der Waals surface area (Å²) >= 11 is 11.9. The second kappa shape index (κ2) is 12.6. The molecule has 1 amide bonds. The summed E-state index contributed by atoms with van der Waals surface area (Å²) in [6.45, 7) is 1.56. The topological polar surface area (TPSA) is 86.2 Å². The highest BCUT2D eigenvalue weighted by Crippen LogP contribution is 2.29. The van der Waals surface area contributed by atoms with Crippen LogP contribution < -0.4 is 19.6 Å². The number of methoxy groups -OCH3 is 1. The van der Waals surface area contributed by atoms with E-state index in [2.05, 4.69) is 10.5 Å². The molecule has 1 atom stereocenters. The first-order chi connectivity index (χ1) is 16.9. The number of carbonyl (C=O) groups is 2. The molecule has 0 fully saturated rings. The molecule has 0 saturated carbocycles. The van der Waals surface area contributed by atoms with Crippen LogP contribution in [0.4, 0.5) is 0 Å². The van der Waals surface area contributed by atoms with Crippen LogP contribution in [-0.4, -0.2) is 31.3 Å². The zero-order valence-electron chi connectivity index (χ0n) is 18.9. The van der Waals surface area contributed by atoms with Crippen LogP contribution in [0.2, 0.25) is 10.0 Å². The van der Waals surface area contributed by atoms with Crippen molar-refractivity contribution in [3.05, 3.63) is 94.0 Å². The minimum absolute atomic E-state index is 0.248. The summed E-state index contributed by atoms with van der Waals surface area (Å²) in [6, 6.07) is 19.0. The highest BCUT2D eigenvalue weighted by molar-refractivity contribution is 6.35. The lowest BCUT2D eigenvalue weighted by molar-refractivity contribution is -0.129. The number of nitrogens with one attached hydrogen (secondary N) is 1. The third kappa shape index (κ3) is 7.88. The predicted molar refractivity (Wildman–Crippen MR) is 136 cm³/mol. The number of rotatable bonds is 9. The van der Waals surface area contributed by atoms with Gasteiger partial charge in [0.15, 0.2) is 17.6 Å². The van der Waals surface area contributed by atoms with Crippen molar-refractivity contribution in [2.75, 3.05) is 7.11 Å². The molecule has 180 valence electrons. The van der Waals surface area contributed by atoms with Gasteiger partial charge in [-0.15, -0.1) is 0 Å². The smallest absolute Gasteiger partial charge is 0.336 e. The number of hydrogen-bond acceptors (Lipinski definition) is 6. The summed E-state index contributed by atoms with van der Waals surface area (Å²) in [4.78, 5) is 24.4. The highest BCUT2D eigenvalue weighted by Gasteiger charge is 2.16. The van der Waals surface area contributed by atoms with Crippen LogP contribution in [0.5, 0.6) is 17.2 Å². The zero-order valence-corrected chi connectivity index (χ0v) is 20.4. The lowest BCUT2D eigenvalue weighted by atomic mass is 10.2. The number of hydrogen-bond donors (Lipinski definition) is 1. The fraction of sp³-hybridized carbons (Fsp3) is 0.115. The highest BCUT2D eigenvalue weighted by atomic mass is 35.5. The van der Waals surface area contributed by atoms with E-state index in [1.807, 2.05) is 30.3 Å². The molecule has 35 heavy (non-hydrogen) atoms. The standard InChI is InChI=1S/C26H22Cl2N2O5/c1-17(34-22-12-10-20(27)15-21(22)28)26(32)30-29-16-19-8-11-23(24(14-19)33-2)35-25(31)13-9-18-6-4-3-5-7-18/h3-17H,1-2H3,(H,30,32)/b13-9+,29-16-/t17-/m1/s1. The van der Waals surface area contributed by atoms with Gasteiger partial charge in [-0.05, 0) is 60.5 Å². The average Bonchev–Trinajstić information content (AvgIpc) is 2.85. The normalized spacial score (nSPS) is 11.9. The van der Waals surface area contributed by atoms with Crippen LogP contribution in [0, 0.1) is 0 Å². The SMILES string of the molecule is COc1cc(/C=N\NC(=O)[C@@H](C)Oc2ccc(Cl)cc2Cl)ccc1OC(=O)/C=C/c1ccccc1. The van der Waals surface area contributed by atoms with E-state index >= 15 is 0 Å². The summed E-state index contributed by atoms with van der Waals surface area (Å²) in [7, 11) is 1.45. The van der Waals surface area contributed by atoms with E-state index in [0.29, 0.717) is 27.1 Å². The first-order valence-electron chi connectivity index (χ1n) is 10.4. The van der Waals surface area contributed by atoms with Gasteiger partial charge in [0.2, 0.25) is 0 Å². The number of halogens is 2. The van der Waals surface area contributed by atoms with Gasteiger partial charge in [-0.2, -0.15) is 5.10 Å². The number of carbonyl (C=O) groups excluding carboxylic acids is 2. The second-order valence-electron chi connectivity index (χ2n) is 7.14. The molecule has 0 aliphatic carbocycles. The van der Waals surface area contributed by atoms with Gasteiger partial charge in [0, 0.05) is 11.1 Å². The maximum absolute atomic E-state index is 12.3. The molecule has 1 N–H and O–H groups in total. The average molecular weight is 513 g/mol. The number of ether oxygens (including phenoxy) is 3. The van der Waals surface area contributed by atoms with Gasteiger partial charge in [0.05, 0.1) is 18.3 Å². The van der Waals surface area contributed by atoms with E-state index in [1.54, 1.807) is 43.3 Å². The molecule has 3 aromatic rings. The Morgan fingerprint density at radius 2 is 1.69 bits per heavy atom. The van der Waals surface area contributed by atoms with Crippen molar-refractivity contribution in [1.29, 1.82) is 0 Å². The van der Waals surface area contributed by atoms with E-state index in [0.717, 1.165) is 5.56 Å². The first-order valence-corrected chi connectivity index (χ1v) is 11.2. The third-order valence-electron chi connectivity index (χ3n) is 4.56. The van der Waals surface area contributed by atoms with E-state index in [4.69, 9.17) is 37.4 Å². The minimum atomic E-state index is -0.855. The lowest BCUT2D eigenvalue weighted by Gasteiger charge is -2.14. The first kappa shape index (κ1) is 25.8. The summed E-state index contributed by atoms with van der Waals surface area (Å²) in [6.07, 6.45) is 3.55. The van der Waals surface area contributed by atoms with Crippen molar-refractivity contribution in [3.8, 4) is 17.2 Å². The van der Waals surface area contributed by atoms with Crippen molar-refractivity contribution in [3.63, 3.8) is 0 Å². The molecule has 0 heterocycles. The van der Waals surface area contributed by atoms with Crippen molar-refractivity contribution in [2.45, 2.75) is 13.0 Å². The van der Waals surface area contributed by atoms with Gasteiger partial charge in [0.25, 0.3) is 5.91 Å². The van der Waals surface area contributed by atoms with E-state index < -0.39 is 18.0 Å². The molecule has 9 heteroatoms. The maximum atomic E-state index is 12.3. The Morgan fingerprint density at radius 3 is 2.40 bits per heavy atom. The molecule has 0 aliphatic rings. The molecule has 0 aromatic heterocycles. The fourth-order valence-electron chi connectivity index (χ4n) is 2.80. The fourth-order valence-corrected chi connectivity index (χ4v) is 3.25. The maximum Gasteiger partial charge on any atom is 0.336 e. The zero-order chi connectivity index (χ0) is 25.2. The lowest BCUT2D eigenvalue weighted by Crippen LogP contribution is -2.33. The number of benzene rings is 3. The molecular weight excluding hydrogens is 491 g/mol. The van der Waals surface area contributed by atoms with Gasteiger partial charge < -0.3 is 14.2 Å². The quantitative estimate of drug-likeness (QED) is 0.134. The Labute approximate surface area is 212 Å². The molecule has 7 nitrogen and oxygen atoms in total. The van der Waals surface area contributed by atoms with Crippen molar-refractivity contribution < 1.29 is 23.8 Å². The molecule has 3 rings (SSSR count). The van der Waals surface area contributed by atoms with Crippen molar-refractivity contribution >= 4 is 47.4 Å². The Morgan fingerprint density at radius 1 is 0.943 bits per heavy atom. The van der Waals surface area contributed by atoms with Gasteiger partial charge >= 0.3 is 5.97 Å². The number of nitrogens with zero attached hydrogens (tertiary/aromatic N) is 1. The van der Waals surface area contributed by atoms with E-state index in [1.165, 1.54) is 25.5 Å². The number of esters is 1. The number of hydrazone groups is 1. The Bertz CT molecular complexity index is 1250. The second-order valence-corrected chi connectivity index (χ2v) is 7.99. The molecule has 0 aliphatic heterocycles. The molecular formula is C26H22Cl2N2O5.